The second-order valence-corrected chi connectivity index (χ2v) is 8.16. The second-order valence-electron chi connectivity index (χ2n) is 8.16. The van der Waals surface area contributed by atoms with Gasteiger partial charge in [0.2, 0.25) is 0 Å². The molecule has 5 rings (SSSR count). The van der Waals surface area contributed by atoms with E-state index in [1.807, 2.05) is 66.9 Å². The fraction of sp³-hybridized carbons (Fsp3) is 0.259. The Kier molecular flexibility index (Phi) is 6.81. The lowest BCUT2D eigenvalue weighted by Gasteiger charge is -2.27. The lowest BCUT2D eigenvalue weighted by Crippen LogP contribution is -2.36. The van der Waals surface area contributed by atoms with E-state index in [9.17, 15) is 0 Å². The second kappa shape index (κ2) is 10.5. The number of rotatable bonds is 8. The number of hydrogen-bond acceptors (Lipinski definition) is 8. The zero-order valence-corrected chi connectivity index (χ0v) is 19.9. The molecular formula is C27H28N4O4. The zero-order chi connectivity index (χ0) is 24.0. The Morgan fingerprint density at radius 3 is 2.40 bits per heavy atom. The minimum Gasteiger partial charge on any atom is -0.497 e. The van der Waals surface area contributed by atoms with Crippen LogP contribution >= 0.6 is 0 Å². The van der Waals surface area contributed by atoms with E-state index in [1.165, 1.54) is 0 Å². The smallest absolute Gasteiger partial charge is 0.162 e. The first-order chi connectivity index (χ1) is 17.2. The molecule has 4 aromatic rings. The summed E-state index contributed by atoms with van der Waals surface area (Å²) in [5, 5.41) is 3.43. The normalized spacial score (nSPS) is 13.5. The van der Waals surface area contributed by atoms with Gasteiger partial charge in [-0.3, -0.25) is 4.98 Å². The molecule has 2 heterocycles. The van der Waals surface area contributed by atoms with Gasteiger partial charge in [-0.2, -0.15) is 0 Å². The average molecular weight is 473 g/mol. The van der Waals surface area contributed by atoms with Gasteiger partial charge in [0.15, 0.2) is 11.5 Å². The van der Waals surface area contributed by atoms with E-state index in [0.29, 0.717) is 31.3 Å². The van der Waals surface area contributed by atoms with Crippen LogP contribution in [0.25, 0.3) is 11.0 Å². The van der Waals surface area contributed by atoms with Gasteiger partial charge in [-0.1, -0.05) is 12.1 Å². The molecule has 1 fully saturated rings. The molecular weight excluding hydrogens is 444 g/mol. The molecule has 0 unspecified atom stereocenters. The average Bonchev–Trinajstić information content (AvgIpc) is 2.92. The maximum atomic E-state index is 6.00. The molecule has 0 radical (unpaired) electrons. The number of hydrogen-bond donors (Lipinski definition) is 1. The highest BCUT2D eigenvalue weighted by molar-refractivity contribution is 5.81. The highest BCUT2D eigenvalue weighted by Gasteiger charge is 2.14. The van der Waals surface area contributed by atoms with E-state index < -0.39 is 0 Å². The summed E-state index contributed by atoms with van der Waals surface area (Å²) in [4.78, 5) is 11.6. The van der Waals surface area contributed by atoms with Crippen LogP contribution in [-0.2, 0) is 11.3 Å². The summed E-state index contributed by atoms with van der Waals surface area (Å²) in [7, 11) is 3.29. The molecule has 1 saturated heterocycles. The Morgan fingerprint density at radius 2 is 1.63 bits per heavy atom. The Balaban J connectivity index is 1.30. The minimum absolute atomic E-state index is 0.432. The molecule has 180 valence electrons. The third-order valence-corrected chi connectivity index (χ3v) is 5.87. The summed E-state index contributed by atoms with van der Waals surface area (Å²) in [6.45, 7) is 3.50. The van der Waals surface area contributed by atoms with E-state index >= 15 is 0 Å². The quantitative estimate of drug-likeness (QED) is 0.392. The van der Waals surface area contributed by atoms with Crippen LogP contribution in [0.5, 0.6) is 17.2 Å². The van der Waals surface area contributed by atoms with Crippen molar-refractivity contribution in [1.82, 2.24) is 9.97 Å². The highest BCUT2D eigenvalue weighted by Crippen LogP contribution is 2.32. The summed E-state index contributed by atoms with van der Waals surface area (Å²) in [6, 6.07) is 19.6. The largest absolute Gasteiger partial charge is 0.497 e. The number of ether oxygens (including phenoxy) is 4. The number of aromatic nitrogens is 2. The van der Waals surface area contributed by atoms with Crippen molar-refractivity contribution >= 4 is 28.2 Å². The number of morpholine rings is 1. The maximum Gasteiger partial charge on any atom is 0.162 e. The summed E-state index contributed by atoms with van der Waals surface area (Å²) in [6.07, 6.45) is 1.83. The molecule has 1 aliphatic rings. The zero-order valence-electron chi connectivity index (χ0n) is 19.9. The molecule has 3 aromatic carbocycles. The number of fused-ring (bicyclic) bond motifs is 1. The van der Waals surface area contributed by atoms with Crippen molar-refractivity contribution in [3.8, 4) is 17.2 Å². The molecule has 0 saturated carbocycles. The lowest BCUT2D eigenvalue weighted by molar-refractivity contribution is 0.122. The summed E-state index contributed by atoms with van der Waals surface area (Å²) < 4.78 is 22.2. The number of anilines is 3. The summed E-state index contributed by atoms with van der Waals surface area (Å²) in [5.74, 6) is 3.02. The molecule has 8 heteroatoms. The van der Waals surface area contributed by atoms with E-state index in [1.54, 1.807) is 14.2 Å². The summed E-state index contributed by atoms with van der Waals surface area (Å²) in [5.41, 5.74) is 4.54. The van der Waals surface area contributed by atoms with Crippen molar-refractivity contribution in [3.63, 3.8) is 0 Å². The molecule has 0 bridgehead atoms. The van der Waals surface area contributed by atoms with Crippen LogP contribution < -0.4 is 24.4 Å². The van der Waals surface area contributed by atoms with Gasteiger partial charge in [0.25, 0.3) is 0 Å². The van der Waals surface area contributed by atoms with E-state index in [2.05, 4.69) is 15.2 Å². The Bertz CT molecular complexity index is 1290. The Hall–Kier alpha value is -4.04. The van der Waals surface area contributed by atoms with Crippen LogP contribution in [0.3, 0.4) is 0 Å². The number of benzene rings is 3. The Morgan fingerprint density at radius 1 is 0.857 bits per heavy atom. The van der Waals surface area contributed by atoms with E-state index in [-0.39, 0.29) is 0 Å². The fourth-order valence-corrected chi connectivity index (χ4v) is 3.94. The van der Waals surface area contributed by atoms with E-state index in [4.69, 9.17) is 23.9 Å². The molecule has 1 aliphatic heterocycles. The lowest BCUT2D eigenvalue weighted by atomic mass is 10.2. The first-order valence-corrected chi connectivity index (χ1v) is 11.5. The molecule has 0 atom stereocenters. The molecule has 0 amide bonds. The fourth-order valence-electron chi connectivity index (χ4n) is 3.94. The molecule has 1 N–H and O–H groups in total. The third-order valence-electron chi connectivity index (χ3n) is 5.87. The predicted molar refractivity (Wildman–Crippen MR) is 136 cm³/mol. The number of methoxy groups -OCH3 is 2. The van der Waals surface area contributed by atoms with Crippen LogP contribution in [-0.4, -0.2) is 50.5 Å². The SMILES string of the molecule is COc1ccc(COc2ccc(Nc3ccc4ncc(N5CCOCC5)nc4c3)cc2OC)cc1. The standard InChI is InChI=1S/C27H28N4O4/c1-32-22-7-3-19(4-8-22)18-35-25-10-6-21(16-26(25)33-2)29-20-5-9-23-24(15-20)30-27(17-28-23)31-11-13-34-14-12-31/h3-10,15-17,29H,11-14,18H2,1-2H3. The van der Waals surface area contributed by atoms with Crippen LogP contribution in [0.4, 0.5) is 17.2 Å². The molecule has 35 heavy (non-hydrogen) atoms. The maximum absolute atomic E-state index is 6.00. The van der Waals surface area contributed by atoms with Gasteiger partial charge in [-0.15, -0.1) is 0 Å². The van der Waals surface area contributed by atoms with Gasteiger partial charge in [0, 0.05) is 30.5 Å². The van der Waals surface area contributed by atoms with Crippen LogP contribution in [0.2, 0.25) is 0 Å². The van der Waals surface area contributed by atoms with Crippen molar-refractivity contribution in [3.05, 3.63) is 72.4 Å². The van der Waals surface area contributed by atoms with Crippen LogP contribution in [0.15, 0.2) is 66.9 Å². The van der Waals surface area contributed by atoms with Gasteiger partial charge >= 0.3 is 0 Å². The topological polar surface area (TPSA) is 78.0 Å². The molecule has 8 nitrogen and oxygen atoms in total. The molecule has 0 aliphatic carbocycles. The van der Waals surface area contributed by atoms with E-state index in [0.717, 1.165) is 52.6 Å². The molecule has 1 aromatic heterocycles. The number of nitrogens with one attached hydrogen (secondary N) is 1. The summed E-state index contributed by atoms with van der Waals surface area (Å²) >= 11 is 0. The first-order valence-electron chi connectivity index (χ1n) is 11.5. The van der Waals surface area contributed by atoms with Gasteiger partial charge in [-0.05, 0) is 48.0 Å². The predicted octanol–water partition coefficient (Wildman–Crippen LogP) is 4.81. The van der Waals surface area contributed by atoms with Crippen molar-refractivity contribution in [2.45, 2.75) is 6.61 Å². The van der Waals surface area contributed by atoms with Crippen molar-refractivity contribution in [1.29, 1.82) is 0 Å². The Labute approximate surface area is 204 Å². The minimum atomic E-state index is 0.432. The molecule has 0 spiro atoms. The monoisotopic (exact) mass is 472 g/mol. The van der Waals surface area contributed by atoms with Gasteiger partial charge < -0.3 is 29.2 Å². The first kappa shape index (κ1) is 22.7. The van der Waals surface area contributed by atoms with Crippen molar-refractivity contribution < 1.29 is 18.9 Å². The highest BCUT2D eigenvalue weighted by atomic mass is 16.5. The number of nitrogens with zero attached hydrogens (tertiary/aromatic N) is 3. The van der Waals surface area contributed by atoms with Crippen molar-refractivity contribution in [2.24, 2.45) is 0 Å². The van der Waals surface area contributed by atoms with Crippen molar-refractivity contribution in [2.75, 3.05) is 50.7 Å². The van der Waals surface area contributed by atoms with Gasteiger partial charge in [0.05, 0.1) is 44.7 Å². The third kappa shape index (κ3) is 5.38. The van der Waals surface area contributed by atoms with Crippen LogP contribution in [0, 0.1) is 0 Å². The van der Waals surface area contributed by atoms with Gasteiger partial charge in [0.1, 0.15) is 18.2 Å². The van der Waals surface area contributed by atoms with Crippen LogP contribution in [0.1, 0.15) is 5.56 Å². The van der Waals surface area contributed by atoms with Gasteiger partial charge in [-0.25, -0.2) is 4.98 Å².